The van der Waals surface area contributed by atoms with E-state index in [2.05, 4.69) is 15.3 Å². The van der Waals surface area contributed by atoms with E-state index in [1.54, 1.807) is 27.7 Å². The number of esters is 5. The highest BCUT2D eigenvalue weighted by Crippen LogP contribution is 2.36. The van der Waals surface area contributed by atoms with Gasteiger partial charge in [0, 0.05) is 24.1 Å². The van der Waals surface area contributed by atoms with Gasteiger partial charge in [0.15, 0.2) is 23.6 Å². The molecule has 1 aliphatic heterocycles. The highest BCUT2D eigenvalue weighted by molar-refractivity contribution is 7.10. The van der Waals surface area contributed by atoms with Crippen molar-refractivity contribution >= 4 is 81.6 Å². The molecule has 2 N–H and O–H groups in total. The van der Waals surface area contributed by atoms with E-state index >= 15 is 0 Å². The summed E-state index contributed by atoms with van der Waals surface area (Å²) in [5.41, 5.74) is -1.96. The summed E-state index contributed by atoms with van der Waals surface area (Å²) in [6.07, 6.45) is -3.52. The van der Waals surface area contributed by atoms with Crippen LogP contribution < -0.4 is 5.32 Å². The molecule has 2 aromatic rings. The summed E-state index contributed by atoms with van der Waals surface area (Å²) < 4.78 is 27.4. The van der Waals surface area contributed by atoms with Gasteiger partial charge in [0.05, 0.1) is 18.4 Å². The van der Waals surface area contributed by atoms with E-state index in [4.69, 9.17) is 46.9 Å². The van der Waals surface area contributed by atoms with Crippen molar-refractivity contribution in [1.82, 2.24) is 15.3 Å². The van der Waals surface area contributed by atoms with Gasteiger partial charge in [-0.2, -0.15) is 0 Å². The lowest BCUT2D eigenvalue weighted by molar-refractivity contribution is -0.173. The van der Waals surface area contributed by atoms with Crippen molar-refractivity contribution < 1.29 is 57.6 Å². The summed E-state index contributed by atoms with van der Waals surface area (Å²) in [6.45, 7) is 12.3. The first-order valence-electron chi connectivity index (χ1n) is 18.4. The van der Waals surface area contributed by atoms with E-state index < -0.39 is 89.2 Å². The largest absolute Gasteiger partial charge is 0.460 e. The molecule has 4 bridgehead atoms. The van der Waals surface area contributed by atoms with E-state index in [0.717, 1.165) is 22.7 Å². The number of fused-ring (bicyclic) bond motifs is 4. The Bertz CT molecular complexity index is 1690. The number of cyclic esters (lactones) is 3. The Labute approximate surface area is 344 Å². The van der Waals surface area contributed by atoms with Crippen LogP contribution in [-0.2, 0) is 42.9 Å². The Balaban J connectivity index is 2.02. The Morgan fingerprint density at radius 1 is 1.04 bits per heavy atom. The zero-order valence-electron chi connectivity index (χ0n) is 32.8. The van der Waals surface area contributed by atoms with Gasteiger partial charge >= 0.3 is 29.8 Å². The van der Waals surface area contributed by atoms with Crippen molar-refractivity contribution in [2.75, 3.05) is 6.61 Å². The average Bonchev–Trinajstić information content (AvgIpc) is 3.80. The maximum atomic E-state index is 13.7. The molecule has 0 unspecified atom stereocenters. The van der Waals surface area contributed by atoms with Crippen molar-refractivity contribution in [3.05, 3.63) is 32.2 Å². The number of amides is 1. The fourth-order valence-corrected chi connectivity index (χ4v) is 7.66. The predicted octanol–water partition coefficient (Wildman–Crippen LogP) is 6.59. The van der Waals surface area contributed by atoms with Gasteiger partial charge in [-0.3, -0.25) is 19.2 Å². The van der Waals surface area contributed by atoms with Crippen LogP contribution in [0.4, 0.5) is 0 Å². The first kappa shape index (κ1) is 47.0. The fourth-order valence-electron chi connectivity index (χ4n) is 5.64. The minimum absolute atomic E-state index is 0.0604. The van der Waals surface area contributed by atoms with Crippen molar-refractivity contribution in [1.29, 1.82) is 0 Å². The molecular formula is C37H51Cl2N3O12S2. The molecule has 19 heteroatoms. The number of aliphatic hydroxyl groups is 1. The monoisotopic (exact) mass is 863 g/mol. The molecule has 7 atom stereocenters. The maximum absolute atomic E-state index is 13.7. The second kappa shape index (κ2) is 20.9. The zero-order chi connectivity index (χ0) is 42.0. The van der Waals surface area contributed by atoms with Crippen LogP contribution in [0, 0.1) is 11.8 Å². The first-order chi connectivity index (χ1) is 26.1. The van der Waals surface area contributed by atoms with Gasteiger partial charge in [-0.1, -0.05) is 27.7 Å². The third-order valence-electron chi connectivity index (χ3n) is 9.02. The number of nitrogens with one attached hydrogen (secondary N) is 1. The summed E-state index contributed by atoms with van der Waals surface area (Å²) >= 11 is 14.3. The minimum Gasteiger partial charge on any atom is -0.460 e. The molecule has 3 heterocycles. The van der Waals surface area contributed by atoms with Crippen molar-refractivity contribution in [2.24, 2.45) is 11.8 Å². The lowest BCUT2D eigenvalue weighted by Crippen LogP contribution is -2.49. The van der Waals surface area contributed by atoms with Gasteiger partial charge in [-0.25, -0.2) is 19.6 Å². The maximum Gasteiger partial charge on any atom is 0.358 e. The molecule has 1 aliphatic rings. The number of rotatable bonds is 15. The lowest BCUT2D eigenvalue weighted by atomic mass is 9.95. The van der Waals surface area contributed by atoms with Crippen LogP contribution in [0.2, 0.25) is 0 Å². The van der Waals surface area contributed by atoms with E-state index in [0.29, 0.717) is 19.3 Å². The minimum atomic E-state index is -1.62. The highest BCUT2D eigenvalue weighted by Gasteiger charge is 2.41. The Morgan fingerprint density at radius 3 is 2.25 bits per heavy atom. The summed E-state index contributed by atoms with van der Waals surface area (Å²) in [5, 5.41) is 17.0. The van der Waals surface area contributed by atoms with Crippen molar-refractivity contribution in [3.8, 4) is 0 Å². The van der Waals surface area contributed by atoms with E-state index in [-0.39, 0.29) is 52.5 Å². The highest BCUT2D eigenvalue weighted by atomic mass is 35.5. The van der Waals surface area contributed by atoms with E-state index in [9.17, 15) is 33.9 Å². The number of nitrogens with zero attached hydrogens (tertiary/aromatic N) is 2. The summed E-state index contributed by atoms with van der Waals surface area (Å²) in [7, 11) is 0. The Kier molecular flexibility index (Phi) is 17.5. The molecule has 0 saturated heterocycles. The molecular weight excluding hydrogens is 813 g/mol. The van der Waals surface area contributed by atoms with Gasteiger partial charge in [-0.15, -0.1) is 45.9 Å². The number of carbonyl (C=O) groups is 6. The van der Waals surface area contributed by atoms with Crippen LogP contribution in [0.1, 0.15) is 144 Å². The van der Waals surface area contributed by atoms with Gasteiger partial charge in [0.2, 0.25) is 5.91 Å². The SMILES string of the molecule is CCCC(=O)N[C@@H](C(C)C)[C@@H](CC(=O)O[C@@H]1COC(=O)c2csc(n2)[C@@H]([C@@](C)(O)CC)OC(=O)[C@@H](C)[C@H](CCCC(C)(Cl)Cl)OC(=O)c2csc1n2)OC(C)=O. The molecule has 312 valence electrons. The molecule has 3 rings (SSSR count). The Morgan fingerprint density at radius 2 is 1.66 bits per heavy atom. The summed E-state index contributed by atoms with van der Waals surface area (Å²) in [4.78, 5) is 87.4. The quantitative estimate of drug-likeness (QED) is 0.110. The molecule has 2 aromatic heterocycles. The Hall–Kier alpha value is -3.38. The molecule has 0 aromatic carbocycles. The number of halogens is 2. The lowest BCUT2D eigenvalue weighted by Gasteiger charge is -2.32. The van der Waals surface area contributed by atoms with Gasteiger partial charge < -0.3 is 34.1 Å². The molecule has 0 fully saturated rings. The number of aromatic nitrogens is 2. The van der Waals surface area contributed by atoms with Crippen LogP contribution in [0.15, 0.2) is 10.8 Å². The molecule has 56 heavy (non-hydrogen) atoms. The van der Waals surface area contributed by atoms with Crippen molar-refractivity contribution in [2.45, 2.75) is 141 Å². The predicted molar refractivity (Wildman–Crippen MR) is 207 cm³/mol. The molecule has 1 amide bonds. The smallest absolute Gasteiger partial charge is 0.358 e. The van der Waals surface area contributed by atoms with Crippen LogP contribution in [-0.4, -0.2) is 85.6 Å². The van der Waals surface area contributed by atoms with E-state index in [1.165, 1.54) is 31.5 Å². The number of hydrogen-bond acceptors (Lipinski definition) is 16. The number of hydrogen-bond donors (Lipinski definition) is 2. The average molecular weight is 865 g/mol. The number of alkyl halides is 2. The first-order valence-corrected chi connectivity index (χ1v) is 20.9. The summed E-state index contributed by atoms with van der Waals surface area (Å²) in [5.74, 6) is -5.77. The molecule has 0 aliphatic carbocycles. The van der Waals surface area contributed by atoms with Crippen molar-refractivity contribution in [3.63, 3.8) is 0 Å². The topological polar surface area (TPSA) is 207 Å². The van der Waals surface area contributed by atoms with Gasteiger partial charge in [0.25, 0.3) is 0 Å². The standard InChI is InChI=1S/C37H51Cl2N3O12S2/c1-9-12-27(44)42-29(19(3)4)25(51-21(6)43)15-28(45)52-26-16-50-34(47)22-17-56-32(41-22)30(36(7,49)10-2)54-33(46)20(5)24(13-11-14-37(8,38)39)53-35(48)23-18-55-31(26)40-23/h17-20,24-26,29-30,49H,9-16H2,1-8H3,(H,42,44)/t20-,24-,25+,26+,29-,30-,36-/m0/s1. The summed E-state index contributed by atoms with van der Waals surface area (Å²) in [6, 6.07) is -0.740. The normalized spacial score (nSPS) is 21.8. The van der Waals surface area contributed by atoms with E-state index in [1.807, 2.05) is 6.92 Å². The second-order valence-corrected chi connectivity index (χ2v) is 18.0. The van der Waals surface area contributed by atoms with Crippen LogP contribution >= 0.6 is 45.9 Å². The van der Waals surface area contributed by atoms with Gasteiger partial charge in [0.1, 0.15) is 38.8 Å². The number of ether oxygens (including phenoxy) is 5. The second-order valence-electron chi connectivity index (χ2n) is 14.4. The molecule has 0 saturated carbocycles. The van der Waals surface area contributed by atoms with Crippen LogP contribution in [0.5, 0.6) is 0 Å². The van der Waals surface area contributed by atoms with Crippen LogP contribution in [0.25, 0.3) is 0 Å². The third kappa shape index (κ3) is 13.9. The number of thiazole rings is 2. The third-order valence-corrected chi connectivity index (χ3v) is 11.2. The fraction of sp³-hybridized carbons (Fsp3) is 0.676. The molecule has 0 spiro atoms. The number of carbonyl (C=O) groups excluding carboxylic acids is 6. The van der Waals surface area contributed by atoms with Gasteiger partial charge in [-0.05, 0) is 58.8 Å². The zero-order valence-corrected chi connectivity index (χ0v) is 35.9. The molecule has 15 nitrogen and oxygen atoms in total. The molecule has 0 radical (unpaired) electrons. The van der Waals surface area contributed by atoms with Crippen LogP contribution in [0.3, 0.4) is 0 Å².